The van der Waals surface area contributed by atoms with Crippen molar-refractivity contribution < 1.29 is 4.79 Å². The molecule has 3 heterocycles. The van der Waals surface area contributed by atoms with Crippen LogP contribution in [0.2, 0.25) is 0 Å². The summed E-state index contributed by atoms with van der Waals surface area (Å²) in [6.07, 6.45) is 7.09. The molecular weight excluding hydrogens is 238 g/mol. The number of hydrogen-bond donors (Lipinski definition) is 0. The van der Waals surface area contributed by atoms with Gasteiger partial charge in [-0.25, -0.2) is 0 Å². The van der Waals surface area contributed by atoms with E-state index in [0.29, 0.717) is 5.56 Å². The molecule has 2 aromatic heterocycles. The summed E-state index contributed by atoms with van der Waals surface area (Å²) in [6.45, 7) is 0.794. The number of amides is 1. The maximum absolute atomic E-state index is 12.5. The van der Waals surface area contributed by atoms with E-state index in [-0.39, 0.29) is 11.9 Å². The van der Waals surface area contributed by atoms with Gasteiger partial charge in [-0.1, -0.05) is 6.07 Å². The number of carbonyl (C=O) groups excluding carboxylic acids is 1. The van der Waals surface area contributed by atoms with Gasteiger partial charge in [0.15, 0.2) is 0 Å². The van der Waals surface area contributed by atoms with Crippen molar-refractivity contribution in [2.24, 2.45) is 0 Å². The fourth-order valence-electron chi connectivity index (χ4n) is 2.55. The van der Waals surface area contributed by atoms with Crippen molar-refractivity contribution in [1.82, 2.24) is 14.9 Å². The topological polar surface area (TPSA) is 46.1 Å². The highest BCUT2D eigenvalue weighted by Crippen LogP contribution is 2.31. The van der Waals surface area contributed by atoms with Crippen molar-refractivity contribution in [3.05, 3.63) is 60.2 Å². The summed E-state index contributed by atoms with van der Waals surface area (Å²) in [5, 5.41) is 0. The molecule has 1 amide bonds. The van der Waals surface area contributed by atoms with Crippen molar-refractivity contribution in [2.75, 3.05) is 6.54 Å². The summed E-state index contributed by atoms with van der Waals surface area (Å²) in [4.78, 5) is 22.7. The smallest absolute Gasteiger partial charge is 0.254 e. The third kappa shape index (κ3) is 2.34. The molecule has 0 aromatic carbocycles. The molecule has 0 N–H and O–H groups in total. The highest BCUT2D eigenvalue weighted by Gasteiger charge is 2.31. The van der Waals surface area contributed by atoms with Crippen molar-refractivity contribution in [3.63, 3.8) is 0 Å². The molecule has 1 atom stereocenters. The van der Waals surface area contributed by atoms with Gasteiger partial charge in [0.1, 0.15) is 0 Å². The average Bonchev–Trinajstić information content (AvgIpc) is 2.98. The zero-order chi connectivity index (χ0) is 13.1. The van der Waals surface area contributed by atoms with E-state index < -0.39 is 0 Å². The van der Waals surface area contributed by atoms with Crippen LogP contribution < -0.4 is 0 Å². The minimum Gasteiger partial charge on any atom is -0.330 e. The number of pyridine rings is 2. The van der Waals surface area contributed by atoms with Gasteiger partial charge < -0.3 is 4.90 Å². The minimum absolute atomic E-state index is 0.0653. The molecule has 0 bridgehead atoms. The lowest BCUT2D eigenvalue weighted by atomic mass is 10.1. The van der Waals surface area contributed by atoms with Crippen LogP contribution in [0.1, 0.15) is 34.9 Å². The molecule has 1 saturated heterocycles. The summed E-state index contributed by atoms with van der Waals surface area (Å²) in [7, 11) is 0. The standard InChI is InChI=1S/C15H15N3O/c19-15(12-6-9-16-10-7-12)18-11-3-5-14(18)13-4-1-2-8-17-13/h1-2,4,6-10,14H,3,5,11H2. The Morgan fingerprint density at radius 3 is 2.74 bits per heavy atom. The third-order valence-corrected chi connectivity index (χ3v) is 3.47. The van der Waals surface area contributed by atoms with Gasteiger partial charge in [-0.3, -0.25) is 14.8 Å². The van der Waals surface area contributed by atoms with Crippen molar-refractivity contribution in [2.45, 2.75) is 18.9 Å². The van der Waals surface area contributed by atoms with Gasteiger partial charge in [0.25, 0.3) is 5.91 Å². The lowest BCUT2D eigenvalue weighted by Crippen LogP contribution is -2.30. The normalized spacial score (nSPS) is 18.5. The summed E-state index contributed by atoms with van der Waals surface area (Å²) in [5.74, 6) is 0.0653. The van der Waals surface area contributed by atoms with Crippen molar-refractivity contribution in [1.29, 1.82) is 0 Å². The Morgan fingerprint density at radius 2 is 2.00 bits per heavy atom. The first-order valence-electron chi connectivity index (χ1n) is 6.48. The minimum atomic E-state index is 0.0653. The van der Waals surface area contributed by atoms with Crippen LogP contribution in [0, 0.1) is 0 Å². The van der Waals surface area contributed by atoms with Crippen molar-refractivity contribution >= 4 is 5.91 Å². The Kier molecular flexibility index (Phi) is 3.23. The van der Waals surface area contributed by atoms with E-state index in [4.69, 9.17) is 0 Å². The number of aromatic nitrogens is 2. The number of rotatable bonds is 2. The average molecular weight is 253 g/mol. The quantitative estimate of drug-likeness (QED) is 0.826. The van der Waals surface area contributed by atoms with E-state index in [9.17, 15) is 4.79 Å². The second-order valence-corrected chi connectivity index (χ2v) is 4.65. The largest absolute Gasteiger partial charge is 0.330 e. The van der Waals surface area contributed by atoms with Gasteiger partial charge in [-0.15, -0.1) is 0 Å². The molecule has 0 aliphatic carbocycles. The predicted molar refractivity (Wildman–Crippen MR) is 71.5 cm³/mol. The first-order valence-corrected chi connectivity index (χ1v) is 6.48. The van der Waals surface area contributed by atoms with E-state index in [1.54, 1.807) is 30.7 Å². The number of likely N-dealkylation sites (tertiary alicyclic amines) is 1. The third-order valence-electron chi connectivity index (χ3n) is 3.47. The van der Waals surface area contributed by atoms with Crippen LogP contribution >= 0.6 is 0 Å². The van der Waals surface area contributed by atoms with Gasteiger partial charge in [0.05, 0.1) is 11.7 Å². The van der Waals surface area contributed by atoms with Crippen LogP contribution in [0.25, 0.3) is 0 Å². The van der Waals surface area contributed by atoms with E-state index in [0.717, 1.165) is 25.1 Å². The fourth-order valence-corrected chi connectivity index (χ4v) is 2.55. The fraction of sp³-hybridized carbons (Fsp3) is 0.267. The molecule has 0 spiro atoms. The summed E-state index contributed by atoms with van der Waals surface area (Å²) < 4.78 is 0. The Balaban J connectivity index is 1.86. The molecule has 4 heteroatoms. The second kappa shape index (κ2) is 5.18. The molecule has 1 fully saturated rings. The summed E-state index contributed by atoms with van der Waals surface area (Å²) in [6, 6.07) is 9.47. The van der Waals surface area contributed by atoms with Crippen LogP contribution in [0.3, 0.4) is 0 Å². The maximum Gasteiger partial charge on any atom is 0.254 e. The molecule has 0 radical (unpaired) electrons. The highest BCUT2D eigenvalue weighted by atomic mass is 16.2. The van der Waals surface area contributed by atoms with E-state index in [1.807, 2.05) is 23.1 Å². The molecule has 1 unspecified atom stereocenters. The molecule has 96 valence electrons. The number of carbonyl (C=O) groups is 1. The SMILES string of the molecule is O=C(c1ccncc1)N1CCCC1c1ccccn1. The zero-order valence-electron chi connectivity index (χ0n) is 10.6. The molecule has 4 nitrogen and oxygen atoms in total. The Bertz CT molecular complexity index is 556. The maximum atomic E-state index is 12.5. The van der Waals surface area contributed by atoms with Gasteiger partial charge in [-0.2, -0.15) is 0 Å². The lowest BCUT2D eigenvalue weighted by Gasteiger charge is -2.24. The van der Waals surface area contributed by atoms with Gasteiger partial charge in [0, 0.05) is 30.7 Å². The molecule has 1 aliphatic rings. The lowest BCUT2D eigenvalue weighted by molar-refractivity contribution is 0.0733. The molecular formula is C15H15N3O. The van der Waals surface area contributed by atoms with E-state index >= 15 is 0 Å². The second-order valence-electron chi connectivity index (χ2n) is 4.65. The Hall–Kier alpha value is -2.23. The molecule has 2 aromatic rings. The number of nitrogens with zero attached hydrogens (tertiary/aromatic N) is 3. The number of hydrogen-bond acceptors (Lipinski definition) is 3. The summed E-state index contributed by atoms with van der Waals surface area (Å²) >= 11 is 0. The predicted octanol–water partition coefficient (Wildman–Crippen LogP) is 2.45. The van der Waals surface area contributed by atoms with E-state index in [2.05, 4.69) is 9.97 Å². The summed E-state index contributed by atoms with van der Waals surface area (Å²) in [5.41, 5.74) is 1.67. The van der Waals surface area contributed by atoms with Crippen LogP contribution in [0.4, 0.5) is 0 Å². The van der Waals surface area contributed by atoms with E-state index in [1.165, 1.54) is 0 Å². The van der Waals surface area contributed by atoms with Gasteiger partial charge in [-0.05, 0) is 37.1 Å². The van der Waals surface area contributed by atoms with Crippen LogP contribution in [-0.2, 0) is 0 Å². The Morgan fingerprint density at radius 1 is 1.16 bits per heavy atom. The van der Waals surface area contributed by atoms with Gasteiger partial charge >= 0.3 is 0 Å². The Labute approximate surface area is 112 Å². The highest BCUT2D eigenvalue weighted by molar-refractivity contribution is 5.94. The molecule has 3 rings (SSSR count). The van der Waals surface area contributed by atoms with Gasteiger partial charge in [0.2, 0.25) is 0 Å². The molecule has 19 heavy (non-hydrogen) atoms. The molecule has 1 aliphatic heterocycles. The van der Waals surface area contributed by atoms with Crippen LogP contribution in [0.15, 0.2) is 48.9 Å². The first kappa shape index (κ1) is 11.8. The molecule has 0 saturated carbocycles. The van der Waals surface area contributed by atoms with Crippen molar-refractivity contribution in [3.8, 4) is 0 Å². The van der Waals surface area contributed by atoms with Crippen LogP contribution in [0.5, 0.6) is 0 Å². The monoisotopic (exact) mass is 253 g/mol. The first-order chi connectivity index (χ1) is 9.36. The van der Waals surface area contributed by atoms with Crippen LogP contribution in [-0.4, -0.2) is 27.3 Å². The zero-order valence-corrected chi connectivity index (χ0v) is 10.6.